The molecule has 2 heterocycles. The predicted molar refractivity (Wildman–Crippen MR) is 75.7 cm³/mol. The minimum atomic E-state index is 0.0968. The number of nitrogens with zero attached hydrogens (tertiary/aromatic N) is 3. The third-order valence-corrected chi connectivity index (χ3v) is 4.69. The zero-order valence-electron chi connectivity index (χ0n) is 11.5. The van der Waals surface area contributed by atoms with Gasteiger partial charge in [-0.15, -0.1) is 0 Å². The quantitative estimate of drug-likeness (QED) is 0.921. The molecular formula is C15H22N4. The lowest BCUT2D eigenvalue weighted by Gasteiger charge is -2.31. The average molecular weight is 258 g/mol. The van der Waals surface area contributed by atoms with Crippen LogP contribution in [0.2, 0.25) is 0 Å². The molecule has 0 spiro atoms. The molecule has 2 aromatic heterocycles. The van der Waals surface area contributed by atoms with Crippen molar-refractivity contribution in [3.05, 3.63) is 30.4 Å². The molecule has 19 heavy (non-hydrogen) atoms. The molecule has 102 valence electrons. The zero-order chi connectivity index (χ0) is 13.2. The van der Waals surface area contributed by atoms with E-state index in [4.69, 9.17) is 5.73 Å². The van der Waals surface area contributed by atoms with Gasteiger partial charge in [0.25, 0.3) is 0 Å². The lowest BCUT2D eigenvalue weighted by Crippen LogP contribution is -2.25. The van der Waals surface area contributed by atoms with Crippen molar-refractivity contribution in [2.75, 3.05) is 0 Å². The smallest absolute Gasteiger partial charge is 0.0892 e. The van der Waals surface area contributed by atoms with Crippen molar-refractivity contribution >= 4 is 5.52 Å². The van der Waals surface area contributed by atoms with Crippen LogP contribution in [0, 0.1) is 11.8 Å². The number of rotatable bonds is 3. The lowest BCUT2D eigenvalue weighted by molar-refractivity contribution is 0.240. The SMILES string of the molecule is CCC1CCC(C(N)c2cnn3ccncc23)CC1. The number of hydrogen-bond acceptors (Lipinski definition) is 3. The van der Waals surface area contributed by atoms with E-state index in [1.165, 1.54) is 32.1 Å². The summed E-state index contributed by atoms with van der Waals surface area (Å²) in [6.07, 6.45) is 13.9. The molecule has 2 N–H and O–H groups in total. The van der Waals surface area contributed by atoms with Crippen LogP contribution in [0.5, 0.6) is 0 Å². The fraction of sp³-hybridized carbons (Fsp3) is 0.600. The predicted octanol–water partition coefficient (Wildman–Crippen LogP) is 2.95. The molecular weight excluding hydrogens is 236 g/mol. The summed E-state index contributed by atoms with van der Waals surface area (Å²) in [7, 11) is 0. The first-order valence-electron chi connectivity index (χ1n) is 7.32. The van der Waals surface area contributed by atoms with E-state index in [9.17, 15) is 0 Å². The van der Waals surface area contributed by atoms with E-state index in [1.807, 2.05) is 23.1 Å². The Morgan fingerprint density at radius 2 is 2.11 bits per heavy atom. The standard InChI is InChI=1S/C15H22N4/c1-2-11-3-5-12(6-4-11)15(16)13-9-18-19-8-7-17-10-14(13)19/h7-12,15H,2-6,16H2,1H3. The summed E-state index contributed by atoms with van der Waals surface area (Å²) in [6.45, 7) is 2.29. The van der Waals surface area contributed by atoms with Gasteiger partial charge in [-0.25, -0.2) is 4.52 Å². The molecule has 0 amide bonds. The highest BCUT2D eigenvalue weighted by molar-refractivity contribution is 5.53. The highest BCUT2D eigenvalue weighted by Crippen LogP contribution is 2.37. The zero-order valence-corrected chi connectivity index (χ0v) is 11.5. The summed E-state index contributed by atoms with van der Waals surface area (Å²) in [5.74, 6) is 1.50. The van der Waals surface area contributed by atoms with Gasteiger partial charge in [0, 0.05) is 24.0 Å². The molecule has 0 radical (unpaired) electrons. The van der Waals surface area contributed by atoms with E-state index < -0.39 is 0 Å². The molecule has 1 atom stereocenters. The molecule has 1 fully saturated rings. The lowest BCUT2D eigenvalue weighted by atomic mass is 9.76. The summed E-state index contributed by atoms with van der Waals surface area (Å²) in [5, 5.41) is 4.36. The van der Waals surface area contributed by atoms with E-state index in [-0.39, 0.29) is 6.04 Å². The first-order chi connectivity index (χ1) is 9.29. The second kappa shape index (κ2) is 5.29. The summed E-state index contributed by atoms with van der Waals surface area (Å²) >= 11 is 0. The van der Waals surface area contributed by atoms with Gasteiger partial charge < -0.3 is 5.73 Å². The Hall–Kier alpha value is -1.42. The Labute approximate surface area is 114 Å². The van der Waals surface area contributed by atoms with Gasteiger partial charge in [0.15, 0.2) is 0 Å². The second-order valence-corrected chi connectivity index (χ2v) is 5.72. The molecule has 4 heteroatoms. The average Bonchev–Trinajstić information content (AvgIpc) is 2.90. The van der Waals surface area contributed by atoms with Gasteiger partial charge in [-0.2, -0.15) is 5.10 Å². The van der Waals surface area contributed by atoms with Gasteiger partial charge in [0.05, 0.1) is 17.9 Å². The van der Waals surface area contributed by atoms with Gasteiger partial charge in [-0.1, -0.05) is 26.2 Å². The van der Waals surface area contributed by atoms with Gasteiger partial charge in [-0.3, -0.25) is 4.98 Å². The van der Waals surface area contributed by atoms with Crippen molar-refractivity contribution in [1.29, 1.82) is 0 Å². The van der Waals surface area contributed by atoms with Crippen molar-refractivity contribution in [3.63, 3.8) is 0 Å². The third kappa shape index (κ3) is 2.37. The molecule has 1 unspecified atom stereocenters. The maximum atomic E-state index is 6.49. The largest absolute Gasteiger partial charge is 0.324 e. The van der Waals surface area contributed by atoms with E-state index in [0.717, 1.165) is 17.0 Å². The van der Waals surface area contributed by atoms with Crippen LogP contribution in [0.1, 0.15) is 50.6 Å². The van der Waals surface area contributed by atoms with Gasteiger partial charge >= 0.3 is 0 Å². The molecule has 4 nitrogen and oxygen atoms in total. The summed E-state index contributed by atoms with van der Waals surface area (Å²) in [4.78, 5) is 4.18. The van der Waals surface area contributed by atoms with Crippen molar-refractivity contribution < 1.29 is 0 Å². The molecule has 1 aliphatic rings. The minimum absolute atomic E-state index is 0.0968. The molecule has 0 saturated heterocycles. The summed E-state index contributed by atoms with van der Waals surface area (Å²) < 4.78 is 1.86. The van der Waals surface area contributed by atoms with E-state index in [2.05, 4.69) is 17.0 Å². The Kier molecular flexibility index (Phi) is 3.51. The highest BCUT2D eigenvalue weighted by Gasteiger charge is 2.27. The molecule has 0 aliphatic heterocycles. The van der Waals surface area contributed by atoms with E-state index in [0.29, 0.717) is 5.92 Å². The van der Waals surface area contributed by atoms with E-state index >= 15 is 0 Å². The van der Waals surface area contributed by atoms with Crippen LogP contribution < -0.4 is 5.73 Å². The van der Waals surface area contributed by atoms with E-state index in [1.54, 1.807) is 6.20 Å². The van der Waals surface area contributed by atoms with Gasteiger partial charge in [-0.05, 0) is 24.7 Å². The van der Waals surface area contributed by atoms with Crippen LogP contribution in [0.3, 0.4) is 0 Å². The summed E-state index contributed by atoms with van der Waals surface area (Å²) in [6, 6.07) is 0.0968. The number of hydrogen-bond donors (Lipinski definition) is 1. The summed E-state index contributed by atoms with van der Waals surface area (Å²) in [5.41, 5.74) is 8.68. The Morgan fingerprint density at radius 1 is 1.32 bits per heavy atom. The Morgan fingerprint density at radius 3 is 2.84 bits per heavy atom. The van der Waals surface area contributed by atoms with Crippen molar-refractivity contribution in [2.45, 2.75) is 45.1 Å². The fourth-order valence-corrected chi connectivity index (χ4v) is 3.32. The number of aromatic nitrogens is 3. The fourth-order valence-electron chi connectivity index (χ4n) is 3.32. The topological polar surface area (TPSA) is 56.2 Å². The van der Waals surface area contributed by atoms with Crippen molar-refractivity contribution in [3.8, 4) is 0 Å². The molecule has 0 aromatic carbocycles. The van der Waals surface area contributed by atoms with Crippen LogP contribution in [0.15, 0.2) is 24.8 Å². The maximum absolute atomic E-state index is 6.49. The molecule has 1 saturated carbocycles. The normalized spacial score (nSPS) is 25.6. The highest BCUT2D eigenvalue weighted by atomic mass is 15.2. The number of fused-ring (bicyclic) bond motifs is 1. The molecule has 3 rings (SSSR count). The third-order valence-electron chi connectivity index (χ3n) is 4.69. The van der Waals surface area contributed by atoms with Crippen LogP contribution >= 0.6 is 0 Å². The Balaban J connectivity index is 1.79. The Bertz CT molecular complexity index is 540. The van der Waals surface area contributed by atoms with Crippen LogP contribution in [0.4, 0.5) is 0 Å². The molecule has 1 aliphatic carbocycles. The van der Waals surface area contributed by atoms with Gasteiger partial charge in [0.1, 0.15) is 0 Å². The minimum Gasteiger partial charge on any atom is -0.324 e. The van der Waals surface area contributed by atoms with Crippen molar-refractivity contribution in [2.24, 2.45) is 17.6 Å². The first kappa shape index (κ1) is 12.6. The molecule has 0 bridgehead atoms. The first-order valence-corrected chi connectivity index (χ1v) is 7.32. The van der Waals surface area contributed by atoms with Crippen LogP contribution in [-0.4, -0.2) is 14.6 Å². The van der Waals surface area contributed by atoms with Gasteiger partial charge in [0.2, 0.25) is 0 Å². The molecule has 2 aromatic rings. The van der Waals surface area contributed by atoms with Crippen LogP contribution in [0.25, 0.3) is 5.52 Å². The monoisotopic (exact) mass is 258 g/mol. The number of nitrogens with two attached hydrogens (primary N) is 1. The van der Waals surface area contributed by atoms with Crippen molar-refractivity contribution in [1.82, 2.24) is 14.6 Å². The van der Waals surface area contributed by atoms with Crippen LogP contribution in [-0.2, 0) is 0 Å². The second-order valence-electron chi connectivity index (χ2n) is 5.72. The maximum Gasteiger partial charge on any atom is 0.0892 e.